The number of hydrogen-bond donors (Lipinski definition) is 0. The average molecular weight is 352 g/mol. The van der Waals surface area contributed by atoms with Crippen molar-refractivity contribution in [2.24, 2.45) is 5.92 Å². The van der Waals surface area contributed by atoms with Gasteiger partial charge in [-0.25, -0.2) is 0 Å². The van der Waals surface area contributed by atoms with Crippen molar-refractivity contribution in [3.63, 3.8) is 0 Å². The highest BCUT2D eigenvalue weighted by atomic mass is 79.9. The van der Waals surface area contributed by atoms with Gasteiger partial charge in [0, 0.05) is 11.0 Å². The molecular formula is C14H17BrF3NO. The zero-order chi connectivity index (χ0) is 14.6. The minimum atomic E-state index is -4.04. The second-order valence-electron chi connectivity index (χ2n) is 4.96. The molecule has 0 aliphatic carbocycles. The highest BCUT2D eigenvalue weighted by Crippen LogP contribution is 2.33. The maximum atomic E-state index is 12.5. The lowest BCUT2D eigenvalue weighted by molar-refractivity contribution is -0.185. The molecule has 0 atom stereocenters. The summed E-state index contributed by atoms with van der Waals surface area (Å²) in [5, 5.41) is 0. The van der Waals surface area contributed by atoms with Gasteiger partial charge in [0.05, 0.1) is 5.92 Å². The molecule has 0 amide bonds. The fourth-order valence-corrected chi connectivity index (χ4v) is 2.71. The Morgan fingerprint density at radius 3 is 2.55 bits per heavy atom. The second-order valence-corrected chi connectivity index (χ2v) is 5.88. The molecule has 0 bridgehead atoms. The number of rotatable bonds is 4. The van der Waals surface area contributed by atoms with Gasteiger partial charge in [0.25, 0.3) is 0 Å². The van der Waals surface area contributed by atoms with Crippen LogP contribution in [0, 0.1) is 5.92 Å². The van der Waals surface area contributed by atoms with Gasteiger partial charge in [-0.15, -0.1) is 0 Å². The molecule has 6 heteroatoms. The predicted octanol–water partition coefficient (Wildman–Crippen LogP) is 4.10. The molecule has 0 unspecified atom stereocenters. The number of piperidine rings is 1. The lowest BCUT2D eigenvalue weighted by Gasteiger charge is -2.32. The molecule has 1 aliphatic heterocycles. The first-order chi connectivity index (χ1) is 9.45. The SMILES string of the molecule is FC(F)(F)C1CCN(CCOc2cccc(Br)c2)CC1. The van der Waals surface area contributed by atoms with Gasteiger partial charge in [-0.05, 0) is 44.1 Å². The zero-order valence-corrected chi connectivity index (χ0v) is 12.6. The van der Waals surface area contributed by atoms with Crippen LogP contribution in [0.1, 0.15) is 12.8 Å². The Labute approximate surface area is 125 Å². The molecular weight excluding hydrogens is 335 g/mol. The van der Waals surface area contributed by atoms with Crippen LogP contribution < -0.4 is 4.74 Å². The van der Waals surface area contributed by atoms with Crippen molar-refractivity contribution in [2.45, 2.75) is 19.0 Å². The molecule has 112 valence electrons. The third-order valence-corrected chi connectivity index (χ3v) is 4.02. The smallest absolute Gasteiger partial charge is 0.391 e. The Morgan fingerprint density at radius 1 is 1.25 bits per heavy atom. The molecule has 1 aliphatic rings. The maximum absolute atomic E-state index is 12.5. The third kappa shape index (κ3) is 4.66. The van der Waals surface area contributed by atoms with E-state index in [0.29, 0.717) is 26.2 Å². The van der Waals surface area contributed by atoms with Crippen molar-refractivity contribution >= 4 is 15.9 Å². The normalized spacial score (nSPS) is 18.2. The predicted molar refractivity (Wildman–Crippen MR) is 74.9 cm³/mol. The van der Waals surface area contributed by atoms with Crippen LogP contribution in [-0.2, 0) is 0 Å². The van der Waals surface area contributed by atoms with Gasteiger partial charge < -0.3 is 4.74 Å². The van der Waals surface area contributed by atoms with E-state index in [1.54, 1.807) is 0 Å². The van der Waals surface area contributed by atoms with Crippen molar-refractivity contribution < 1.29 is 17.9 Å². The first-order valence-corrected chi connectivity index (χ1v) is 7.42. The van der Waals surface area contributed by atoms with E-state index in [1.165, 1.54) is 0 Å². The van der Waals surface area contributed by atoms with E-state index >= 15 is 0 Å². The van der Waals surface area contributed by atoms with Gasteiger partial charge in [-0.1, -0.05) is 22.0 Å². The lowest BCUT2D eigenvalue weighted by Crippen LogP contribution is -2.40. The Kier molecular flexibility index (Phi) is 5.32. The minimum Gasteiger partial charge on any atom is -0.492 e. The van der Waals surface area contributed by atoms with Crippen LogP contribution in [0.15, 0.2) is 28.7 Å². The summed E-state index contributed by atoms with van der Waals surface area (Å²) in [6, 6.07) is 7.53. The van der Waals surface area contributed by atoms with Crippen LogP contribution in [0.4, 0.5) is 13.2 Å². The molecule has 0 radical (unpaired) electrons. The van der Waals surface area contributed by atoms with E-state index in [-0.39, 0.29) is 12.8 Å². The first-order valence-electron chi connectivity index (χ1n) is 6.62. The van der Waals surface area contributed by atoms with Crippen LogP contribution in [-0.4, -0.2) is 37.3 Å². The number of ether oxygens (including phenoxy) is 1. The molecule has 0 saturated carbocycles. The first kappa shape index (κ1) is 15.6. The molecule has 2 rings (SSSR count). The van der Waals surface area contributed by atoms with Crippen molar-refractivity contribution in [1.82, 2.24) is 4.90 Å². The highest BCUT2D eigenvalue weighted by molar-refractivity contribution is 9.10. The molecule has 0 spiro atoms. The second kappa shape index (κ2) is 6.80. The average Bonchev–Trinajstić information content (AvgIpc) is 2.38. The number of likely N-dealkylation sites (tertiary alicyclic amines) is 1. The Bertz CT molecular complexity index is 431. The topological polar surface area (TPSA) is 12.5 Å². The Balaban J connectivity index is 1.69. The summed E-state index contributed by atoms with van der Waals surface area (Å²) < 4.78 is 44.1. The molecule has 1 aromatic rings. The summed E-state index contributed by atoms with van der Waals surface area (Å²) in [6.07, 6.45) is -3.65. The van der Waals surface area contributed by atoms with Crippen LogP contribution in [0.5, 0.6) is 5.75 Å². The number of alkyl halides is 3. The van der Waals surface area contributed by atoms with Crippen LogP contribution in [0.3, 0.4) is 0 Å². The van der Waals surface area contributed by atoms with Crippen LogP contribution in [0.25, 0.3) is 0 Å². The van der Waals surface area contributed by atoms with E-state index in [2.05, 4.69) is 15.9 Å². The largest absolute Gasteiger partial charge is 0.492 e. The van der Waals surface area contributed by atoms with Crippen LogP contribution in [0.2, 0.25) is 0 Å². The van der Waals surface area contributed by atoms with Gasteiger partial charge in [0.15, 0.2) is 0 Å². The standard InChI is InChI=1S/C14H17BrF3NO/c15-12-2-1-3-13(10-12)20-9-8-19-6-4-11(5-7-19)14(16,17)18/h1-3,10-11H,4-9H2. The van der Waals surface area contributed by atoms with Gasteiger partial charge in [0.1, 0.15) is 12.4 Å². The molecule has 1 heterocycles. The fraction of sp³-hybridized carbons (Fsp3) is 0.571. The van der Waals surface area contributed by atoms with E-state index in [0.717, 1.165) is 10.2 Å². The van der Waals surface area contributed by atoms with E-state index < -0.39 is 12.1 Å². The number of hydrogen-bond acceptors (Lipinski definition) is 2. The quantitative estimate of drug-likeness (QED) is 0.809. The summed E-state index contributed by atoms with van der Waals surface area (Å²) in [7, 11) is 0. The third-order valence-electron chi connectivity index (χ3n) is 3.52. The summed E-state index contributed by atoms with van der Waals surface area (Å²) in [6.45, 7) is 2.14. The number of nitrogens with zero attached hydrogens (tertiary/aromatic N) is 1. The van der Waals surface area contributed by atoms with Crippen molar-refractivity contribution in [1.29, 1.82) is 0 Å². The highest BCUT2D eigenvalue weighted by Gasteiger charge is 2.40. The number of benzene rings is 1. The summed E-state index contributed by atoms with van der Waals surface area (Å²) >= 11 is 3.36. The van der Waals surface area contributed by atoms with E-state index in [1.807, 2.05) is 29.2 Å². The lowest BCUT2D eigenvalue weighted by atomic mass is 9.96. The molecule has 0 aromatic heterocycles. The van der Waals surface area contributed by atoms with Crippen LogP contribution >= 0.6 is 15.9 Å². The Hall–Kier alpha value is -0.750. The van der Waals surface area contributed by atoms with Crippen molar-refractivity contribution in [2.75, 3.05) is 26.2 Å². The summed E-state index contributed by atoms with van der Waals surface area (Å²) in [4.78, 5) is 2.03. The van der Waals surface area contributed by atoms with Crippen molar-refractivity contribution in [3.05, 3.63) is 28.7 Å². The monoisotopic (exact) mass is 351 g/mol. The molecule has 0 N–H and O–H groups in total. The summed E-state index contributed by atoms with van der Waals surface area (Å²) in [5.74, 6) is -0.366. The molecule has 20 heavy (non-hydrogen) atoms. The minimum absolute atomic E-state index is 0.195. The molecule has 1 fully saturated rings. The van der Waals surface area contributed by atoms with Gasteiger partial charge in [0.2, 0.25) is 0 Å². The summed E-state index contributed by atoms with van der Waals surface area (Å²) in [5.41, 5.74) is 0. The van der Waals surface area contributed by atoms with E-state index in [4.69, 9.17) is 4.74 Å². The van der Waals surface area contributed by atoms with E-state index in [9.17, 15) is 13.2 Å². The van der Waals surface area contributed by atoms with Gasteiger partial charge in [-0.3, -0.25) is 4.90 Å². The van der Waals surface area contributed by atoms with Gasteiger partial charge in [-0.2, -0.15) is 13.2 Å². The van der Waals surface area contributed by atoms with Gasteiger partial charge >= 0.3 is 6.18 Å². The molecule has 2 nitrogen and oxygen atoms in total. The number of halogens is 4. The zero-order valence-electron chi connectivity index (χ0n) is 11.0. The molecule has 1 saturated heterocycles. The molecule has 1 aromatic carbocycles. The Morgan fingerprint density at radius 2 is 1.95 bits per heavy atom. The van der Waals surface area contributed by atoms with Crippen molar-refractivity contribution in [3.8, 4) is 5.75 Å². The fourth-order valence-electron chi connectivity index (χ4n) is 2.33. The maximum Gasteiger partial charge on any atom is 0.391 e.